The molecule has 0 radical (unpaired) electrons. The average molecular weight is 312 g/mol. The van der Waals surface area contributed by atoms with Crippen LogP contribution >= 0.6 is 0 Å². The van der Waals surface area contributed by atoms with E-state index in [-0.39, 0.29) is 17.5 Å². The zero-order chi connectivity index (χ0) is 16.2. The van der Waals surface area contributed by atoms with Crippen LogP contribution in [-0.4, -0.2) is 35.1 Å². The van der Waals surface area contributed by atoms with Gasteiger partial charge in [-0.25, -0.2) is 9.78 Å². The lowest BCUT2D eigenvalue weighted by atomic mass is 9.93. The molecule has 1 unspecified atom stereocenters. The number of pyridine rings is 1. The Balaban J connectivity index is 1.64. The third-order valence-corrected chi connectivity index (χ3v) is 3.84. The molecule has 1 aromatic carbocycles. The topological polar surface area (TPSA) is 88.5 Å². The molecule has 1 aromatic heterocycles. The fraction of sp³-hybridized carbons (Fsp3) is 0.235. The molecule has 1 aliphatic heterocycles. The SMILES string of the molecule is O=C(NCC1CCOc2ccccc21)c1ccc(C(=O)O)nc1. The summed E-state index contributed by atoms with van der Waals surface area (Å²) in [4.78, 5) is 26.7. The lowest BCUT2D eigenvalue weighted by molar-refractivity contribution is 0.0689. The molecule has 2 N–H and O–H groups in total. The van der Waals surface area contributed by atoms with Crippen LogP contribution in [0, 0.1) is 0 Å². The van der Waals surface area contributed by atoms with Crippen molar-refractivity contribution in [3.63, 3.8) is 0 Å². The predicted molar refractivity (Wildman–Crippen MR) is 82.8 cm³/mol. The minimum absolute atomic E-state index is 0.0834. The second-order valence-corrected chi connectivity index (χ2v) is 5.32. The van der Waals surface area contributed by atoms with E-state index in [2.05, 4.69) is 10.3 Å². The van der Waals surface area contributed by atoms with Crippen LogP contribution in [0.5, 0.6) is 5.75 Å². The number of amides is 1. The molecule has 118 valence electrons. The maximum atomic E-state index is 12.2. The number of hydrogen-bond donors (Lipinski definition) is 2. The van der Waals surface area contributed by atoms with E-state index in [0.29, 0.717) is 18.7 Å². The van der Waals surface area contributed by atoms with Gasteiger partial charge in [0.1, 0.15) is 11.4 Å². The highest BCUT2D eigenvalue weighted by Gasteiger charge is 2.21. The number of benzene rings is 1. The zero-order valence-electron chi connectivity index (χ0n) is 12.4. The number of ether oxygens (including phenoxy) is 1. The van der Waals surface area contributed by atoms with Crippen molar-refractivity contribution in [3.05, 3.63) is 59.4 Å². The molecular formula is C17H16N2O4. The second kappa shape index (κ2) is 6.48. The van der Waals surface area contributed by atoms with Crippen LogP contribution in [0.3, 0.4) is 0 Å². The van der Waals surface area contributed by atoms with Crippen molar-refractivity contribution in [1.29, 1.82) is 0 Å². The van der Waals surface area contributed by atoms with Gasteiger partial charge in [-0.05, 0) is 30.2 Å². The number of aromatic nitrogens is 1. The first-order chi connectivity index (χ1) is 11.1. The molecular weight excluding hydrogens is 296 g/mol. The summed E-state index contributed by atoms with van der Waals surface area (Å²) in [5.74, 6) is -0.310. The highest BCUT2D eigenvalue weighted by molar-refractivity contribution is 5.94. The van der Waals surface area contributed by atoms with E-state index in [1.54, 1.807) is 0 Å². The van der Waals surface area contributed by atoms with Crippen molar-refractivity contribution >= 4 is 11.9 Å². The fourth-order valence-corrected chi connectivity index (χ4v) is 2.60. The van der Waals surface area contributed by atoms with Crippen LogP contribution in [0.15, 0.2) is 42.6 Å². The summed E-state index contributed by atoms with van der Waals surface area (Å²) in [7, 11) is 0. The number of nitrogens with one attached hydrogen (secondary N) is 1. The van der Waals surface area contributed by atoms with Crippen LogP contribution in [0.1, 0.15) is 38.7 Å². The highest BCUT2D eigenvalue weighted by Crippen LogP contribution is 2.32. The van der Waals surface area contributed by atoms with Crippen molar-refractivity contribution < 1.29 is 19.4 Å². The number of fused-ring (bicyclic) bond motifs is 1. The van der Waals surface area contributed by atoms with Gasteiger partial charge in [-0.2, -0.15) is 0 Å². The number of carboxylic acid groups (broad SMARTS) is 1. The van der Waals surface area contributed by atoms with Gasteiger partial charge in [0.25, 0.3) is 5.91 Å². The summed E-state index contributed by atoms with van der Waals surface area (Å²) >= 11 is 0. The lowest BCUT2D eigenvalue weighted by Gasteiger charge is -2.26. The predicted octanol–water partition coefficient (Wildman–Crippen LogP) is 2.08. The van der Waals surface area contributed by atoms with E-state index in [0.717, 1.165) is 17.7 Å². The van der Waals surface area contributed by atoms with Gasteiger partial charge in [-0.1, -0.05) is 18.2 Å². The average Bonchev–Trinajstić information content (AvgIpc) is 2.59. The third-order valence-electron chi connectivity index (χ3n) is 3.84. The first-order valence-corrected chi connectivity index (χ1v) is 7.34. The molecule has 0 saturated carbocycles. The number of para-hydroxylation sites is 1. The van der Waals surface area contributed by atoms with E-state index in [1.807, 2.05) is 24.3 Å². The molecule has 0 spiro atoms. The Kier molecular flexibility index (Phi) is 4.23. The molecule has 1 amide bonds. The molecule has 0 saturated heterocycles. The monoisotopic (exact) mass is 312 g/mol. The molecule has 3 rings (SSSR count). The quantitative estimate of drug-likeness (QED) is 0.902. The Bertz CT molecular complexity index is 728. The van der Waals surface area contributed by atoms with E-state index in [4.69, 9.17) is 9.84 Å². The molecule has 6 heteroatoms. The molecule has 23 heavy (non-hydrogen) atoms. The number of nitrogens with zero attached hydrogens (tertiary/aromatic N) is 1. The Morgan fingerprint density at radius 3 is 2.83 bits per heavy atom. The van der Waals surface area contributed by atoms with E-state index in [1.165, 1.54) is 18.3 Å². The normalized spacial score (nSPS) is 16.1. The van der Waals surface area contributed by atoms with E-state index in [9.17, 15) is 9.59 Å². The van der Waals surface area contributed by atoms with Crippen LogP contribution in [0.25, 0.3) is 0 Å². The molecule has 0 aliphatic carbocycles. The summed E-state index contributed by atoms with van der Waals surface area (Å²) in [6, 6.07) is 10.6. The van der Waals surface area contributed by atoms with Gasteiger partial charge < -0.3 is 15.2 Å². The number of carbonyl (C=O) groups is 2. The van der Waals surface area contributed by atoms with Crippen molar-refractivity contribution in [1.82, 2.24) is 10.3 Å². The van der Waals surface area contributed by atoms with Crippen LogP contribution in [0.4, 0.5) is 0 Å². The molecule has 2 heterocycles. The Labute approximate surface area is 133 Å². The van der Waals surface area contributed by atoms with Crippen LogP contribution in [0.2, 0.25) is 0 Å². The highest BCUT2D eigenvalue weighted by atomic mass is 16.5. The van der Waals surface area contributed by atoms with Gasteiger partial charge >= 0.3 is 5.97 Å². The van der Waals surface area contributed by atoms with Crippen molar-refractivity contribution in [2.45, 2.75) is 12.3 Å². The molecule has 1 atom stereocenters. The van der Waals surface area contributed by atoms with Gasteiger partial charge in [-0.15, -0.1) is 0 Å². The van der Waals surface area contributed by atoms with Crippen molar-refractivity contribution in [2.75, 3.05) is 13.2 Å². The molecule has 1 aliphatic rings. The summed E-state index contributed by atoms with van der Waals surface area (Å²) in [5, 5.41) is 11.7. The summed E-state index contributed by atoms with van der Waals surface area (Å²) in [6.07, 6.45) is 2.12. The Morgan fingerprint density at radius 1 is 1.26 bits per heavy atom. The minimum Gasteiger partial charge on any atom is -0.493 e. The first-order valence-electron chi connectivity index (χ1n) is 7.34. The van der Waals surface area contributed by atoms with Gasteiger partial charge in [0, 0.05) is 18.7 Å². The van der Waals surface area contributed by atoms with E-state index < -0.39 is 5.97 Å². The number of carboxylic acids is 1. The van der Waals surface area contributed by atoms with Gasteiger partial charge in [0.15, 0.2) is 0 Å². The maximum Gasteiger partial charge on any atom is 0.354 e. The zero-order valence-corrected chi connectivity index (χ0v) is 12.4. The smallest absolute Gasteiger partial charge is 0.354 e. The summed E-state index contributed by atoms with van der Waals surface area (Å²) in [5.41, 5.74) is 1.36. The van der Waals surface area contributed by atoms with Gasteiger partial charge in [0.2, 0.25) is 0 Å². The number of carbonyl (C=O) groups excluding carboxylic acids is 1. The molecule has 0 fully saturated rings. The van der Waals surface area contributed by atoms with E-state index >= 15 is 0 Å². The Hall–Kier alpha value is -2.89. The first kappa shape index (κ1) is 15.0. The second-order valence-electron chi connectivity index (χ2n) is 5.32. The molecule has 2 aromatic rings. The number of rotatable bonds is 4. The largest absolute Gasteiger partial charge is 0.493 e. The Morgan fingerprint density at radius 2 is 2.09 bits per heavy atom. The van der Waals surface area contributed by atoms with Gasteiger partial charge in [0.05, 0.1) is 12.2 Å². The maximum absolute atomic E-state index is 12.2. The van der Waals surface area contributed by atoms with Crippen molar-refractivity contribution in [2.24, 2.45) is 0 Å². The summed E-state index contributed by atoms with van der Waals surface area (Å²) in [6.45, 7) is 1.13. The molecule has 0 bridgehead atoms. The van der Waals surface area contributed by atoms with Crippen LogP contribution in [-0.2, 0) is 0 Å². The minimum atomic E-state index is -1.12. The molecule has 6 nitrogen and oxygen atoms in total. The van der Waals surface area contributed by atoms with Crippen molar-refractivity contribution in [3.8, 4) is 5.75 Å². The lowest BCUT2D eigenvalue weighted by Crippen LogP contribution is -2.30. The van der Waals surface area contributed by atoms with Gasteiger partial charge in [-0.3, -0.25) is 4.79 Å². The third kappa shape index (κ3) is 3.31. The standard InChI is InChI=1S/C17H16N2O4/c20-16(12-5-6-14(17(21)22)18-10-12)19-9-11-7-8-23-15-4-2-1-3-13(11)15/h1-6,10-11H,7-9H2,(H,19,20)(H,21,22). The summed E-state index contributed by atoms with van der Waals surface area (Å²) < 4.78 is 5.60. The number of hydrogen-bond acceptors (Lipinski definition) is 4. The number of aromatic carboxylic acids is 1. The fourth-order valence-electron chi connectivity index (χ4n) is 2.60. The van der Waals surface area contributed by atoms with Crippen LogP contribution < -0.4 is 10.1 Å².